The van der Waals surface area contributed by atoms with Crippen molar-refractivity contribution >= 4 is 11.7 Å². The normalized spacial score (nSPS) is 13.4. The summed E-state index contributed by atoms with van der Waals surface area (Å²) in [5.41, 5.74) is 0.721. The van der Waals surface area contributed by atoms with Gasteiger partial charge in [0.25, 0.3) is 0 Å². The van der Waals surface area contributed by atoms with Crippen LogP contribution in [0.4, 0.5) is 10.5 Å². The number of amides is 2. The molecule has 0 atom stereocenters. The molecule has 2 N–H and O–H groups in total. The number of aromatic nitrogens is 2. The number of unbranched alkanes of at least 4 members (excludes halogenated alkanes) is 3. The number of ether oxygens (including phenoxy) is 1. The smallest absolute Gasteiger partial charge is 0.319 e. The minimum atomic E-state index is -0.186. The van der Waals surface area contributed by atoms with E-state index >= 15 is 0 Å². The second-order valence-corrected chi connectivity index (χ2v) is 6.58. The van der Waals surface area contributed by atoms with Crippen LogP contribution in [0.5, 0.6) is 5.75 Å². The van der Waals surface area contributed by atoms with Gasteiger partial charge in [-0.3, -0.25) is 0 Å². The van der Waals surface area contributed by atoms with E-state index in [0.29, 0.717) is 29.9 Å². The summed E-state index contributed by atoms with van der Waals surface area (Å²) < 4.78 is 10.9. The van der Waals surface area contributed by atoms with Gasteiger partial charge in [-0.05, 0) is 43.5 Å². The zero-order valence-electron chi connectivity index (χ0n) is 15.2. The van der Waals surface area contributed by atoms with Gasteiger partial charge in [-0.25, -0.2) is 4.79 Å². The predicted octanol–water partition coefficient (Wildman–Crippen LogP) is 4.23. The molecule has 1 saturated carbocycles. The predicted molar refractivity (Wildman–Crippen MR) is 98.2 cm³/mol. The van der Waals surface area contributed by atoms with E-state index in [1.807, 2.05) is 0 Å². The molecule has 1 aromatic carbocycles. The summed E-state index contributed by atoms with van der Waals surface area (Å²) in [5, 5.41) is 9.59. The average molecular weight is 358 g/mol. The number of nitrogens with zero attached hydrogens (tertiary/aromatic N) is 2. The summed E-state index contributed by atoms with van der Waals surface area (Å²) in [6.07, 6.45) is 6.80. The van der Waals surface area contributed by atoms with Crippen LogP contribution in [-0.2, 0) is 6.61 Å². The minimum absolute atomic E-state index is 0.186. The van der Waals surface area contributed by atoms with E-state index in [1.54, 1.807) is 24.3 Å². The monoisotopic (exact) mass is 358 g/mol. The maximum atomic E-state index is 11.8. The lowest BCUT2D eigenvalue weighted by Gasteiger charge is -2.08. The molecular weight excluding hydrogens is 332 g/mol. The van der Waals surface area contributed by atoms with E-state index in [-0.39, 0.29) is 12.6 Å². The highest BCUT2D eigenvalue weighted by Crippen LogP contribution is 2.38. The summed E-state index contributed by atoms with van der Waals surface area (Å²) >= 11 is 0. The maximum absolute atomic E-state index is 11.8. The van der Waals surface area contributed by atoms with Crippen molar-refractivity contribution in [3.63, 3.8) is 0 Å². The second kappa shape index (κ2) is 9.22. The highest BCUT2D eigenvalue weighted by Gasteiger charge is 2.29. The van der Waals surface area contributed by atoms with Crippen molar-refractivity contribution in [3.05, 3.63) is 36.0 Å². The summed E-state index contributed by atoms with van der Waals surface area (Å²) in [6, 6.07) is 7.03. The Morgan fingerprint density at radius 1 is 1.23 bits per heavy atom. The van der Waals surface area contributed by atoms with Crippen LogP contribution in [-0.4, -0.2) is 22.7 Å². The van der Waals surface area contributed by atoms with Crippen LogP contribution in [0.25, 0.3) is 0 Å². The van der Waals surface area contributed by atoms with E-state index in [4.69, 9.17) is 9.26 Å². The minimum Gasteiger partial charge on any atom is -0.485 e. The van der Waals surface area contributed by atoms with E-state index in [9.17, 15) is 4.79 Å². The van der Waals surface area contributed by atoms with Crippen molar-refractivity contribution in [1.29, 1.82) is 0 Å². The summed E-state index contributed by atoms with van der Waals surface area (Å²) in [6.45, 7) is 3.13. The molecule has 0 saturated heterocycles. The molecule has 0 aliphatic heterocycles. The van der Waals surface area contributed by atoms with Gasteiger partial charge in [-0.1, -0.05) is 31.3 Å². The summed E-state index contributed by atoms with van der Waals surface area (Å²) in [4.78, 5) is 16.1. The molecule has 2 aromatic rings. The molecule has 7 heteroatoms. The first-order valence-corrected chi connectivity index (χ1v) is 9.35. The van der Waals surface area contributed by atoms with Gasteiger partial charge >= 0.3 is 6.03 Å². The number of carbonyl (C=O) groups is 1. The van der Waals surface area contributed by atoms with Gasteiger partial charge in [0, 0.05) is 18.2 Å². The van der Waals surface area contributed by atoms with Gasteiger partial charge in [0.2, 0.25) is 11.7 Å². The highest BCUT2D eigenvalue weighted by molar-refractivity contribution is 5.89. The van der Waals surface area contributed by atoms with E-state index in [0.717, 1.165) is 31.4 Å². The van der Waals surface area contributed by atoms with Gasteiger partial charge in [-0.15, -0.1) is 0 Å². The Morgan fingerprint density at radius 3 is 2.77 bits per heavy atom. The number of anilines is 1. The van der Waals surface area contributed by atoms with Gasteiger partial charge in [0.05, 0.1) is 0 Å². The topological polar surface area (TPSA) is 89.3 Å². The Balaban J connectivity index is 1.37. The third-order valence-electron chi connectivity index (χ3n) is 4.21. The van der Waals surface area contributed by atoms with E-state index in [1.165, 1.54) is 12.8 Å². The number of carbonyl (C=O) groups excluding carboxylic acids is 1. The molecule has 7 nitrogen and oxygen atoms in total. The lowest BCUT2D eigenvalue weighted by molar-refractivity contribution is 0.252. The SMILES string of the molecule is CCCCCCNC(=O)Nc1ccc(OCc2noc(C3CC3)n2)cc1. The quantitative estimate of drug-likeness (QED) is 0.621. The number of nitrogens with one attached hydrogen (secondary N) is 2. The molecule has 140 valence electrons. The highest BCUT2D eigenvalue weighted by atomic mass is 16.5. The van der Waals surface area contributed by atoms with Crippen LogP contribution in [0.3, 0.4) is 0 Å². The summed E-state index contributed by atoms with van der Waals surface area (Å²) in [7, 11) is 0. The molecule has 26 heavy (non-hydrogen) atoms. The Hall–Kier alpha value is -2.57. The average Bonchev–Trinajstić information content (AvgIpc) is 3.39. The Morgan fingerprint density at radius 2 is 2.04 bits per heavy atom. The van der Waals surface area contributed by atoms with Crippen molar-refractivity contribution in [2.75, 3.05) is 11.9 Å². The Kier molecular flexibility index (Phi) is 6.46. The third-order valence-corrected chi connectivity index (χ3v) is 4.21. The van der Waals surface area contributed by atoms with Crippen molar-refractivity contribution < 1.29 is 14.1 Å². The number of rotatable bonds is 10. The van der Waals surface area contributed by atoms with E-state index in [2.05, 4.69) is 27.7 Å². The van der Waals surface area contributed by atoms with Crippen LogP contribution in [0, 0.1) is 0 Å². The lowest BCUT2D eigenvalue weighted by Crippen LogP contribution is -2.29. The largest absolute Gasteiger partial charge is 0.485 e. The molecular formula is C19H26N4O3. The zero-order valence-corrected chi connectivity index (χ0v) is 15.2. The fourth-order valence-corrected chi connectivity index (χ4v) is 2.53. The van der Waals surface area contributed by atoms with Gasteiger partial charge < -0.3 is 19.9 Å². The first-order valence-electron chi connectivity index (χ1n) is 9.35. The van der Waals surface area contributed by atoms with Crippen LogP contribution >= 0.6 is 0 Å². The van der Waals surface area contributed by atoms with Crippen LogP contribution in [0.1, 0.15) is 63.1 Å². The molecule has 0 unspecified atom stereocenters. The third kappa shape index (κ3) is 5.75. The second-order valence-electron chi connectivity index (χ2n) is 6.58. The number of urea groups is 1. The fourth-order valence-electron chi connectivity index (χ4n) is 2.53. The Labute approximate surface area is 153 Å². The zero-order chi connectivity index (χ0) is 18.2. The lowest BCUT2D eigenvalue weighted by atomic mass is 10.2. The molecule has 1 fully saturated rings. The standard InChI is InChI=1S/C19H26N4O3/c1-2-3-4-5-12-20-19(24)21-15-8-10-16(11-9-15)25-13-17-22-18(26-23-17)14-6-7-14/h8-11,14H,2-7,12-13H2,1H3,(H2,20,21,24). The molecule has 0 radical (unpaired) electrons. The van der Waals surface area contributed by atoms with Crippen LogP contribution in [0.15, 0.2) is 28.8 Å². The Bertz CT molecular complexity index is 695. The molecule has 1 heterocycles. The molecule has 0 spiro atoms. The number of hydrogen-bond acceptors (Lipinski definition) is 5. The van der Waals surface area contributed by atoms with Crippen molar-refractivity contribution in [2.24, 2.45) is 0 Å². The number of hydrogen-bond donors (Lipinski definition) is 2. The molecule has 1 aliphatic rings. The molecule has 1 aliphatic carbocycles. The molecule has 3 rings (SSSR count). The van der Waals surface area contributed by atoms with Crippen molar-refractivity contribution in [3.8, 4) is 5.75 Å². The summed E-state index contributed by atoms with van der Waals surface area (Å²) in [5.74, 6) is 2.40. The maximum Gasteiger partial charge on any atom is 0.319 e. The molecule has 1 aromatic heterocycles. The van der Waals surface area contributed by atoms with Crippen LogP contribution < -0.4 is 15.4 Å². The van der Waals surface area contributed by atoms with Gasteiger partial charge in [0.15, 0.2) is 6.61 Å². The molecule has 0 bridgehead atoms. The van der Waals surface area contributed by atoms with E-state index < -0.39 is 0 Å². The van der Waals surface area contributed by atoms with Gasteiger partial charge in [-0.2, -0.15) is 4.98 Å². The first kappa shape index (κ1) is 18.2. The number of benzene rings is 1. The van der Waals surface area contributed by atoms with Crippen molar-refractivity contribution in [2.45, 2.75) is 58.0 Å². The van der Waals surface area contributed by atoms with Gasteiger partial charge in [0.1, 0.15) is 5.75 Å². The first-order chi connectivity index (χ1) is 12.7. The van der Waals surface area contributed by atoms with Crippen LogP contribution in [0.2, 0.25) is 0 Å². The van der Waals surface area contributed by atoms with Crippen molar-refractivity contribution in [1.82, 2.24) is 15.5 Å². The fraction of sp³-hybridized carbons (Fsp3) is 0.526. The molecule has 2 amide bonds.